The van der Waals surface area contributed by atoms with Crippen molar-refractivity contribution in [3.63, 3.8) is 0 Å². The number of hydrogen-bond acceptors (Lipinski definition) is 4. The van der Waals surface area contributed by atoms with Gasteiger partial charge in [-0.25, -0.2) is 4.98 Å². The maximum Gasteiger partial charge on any atom is 0.237 e. The predicted octanol–water partition coefficient (Wildman–Crippen LogP) is 4.79. The number of nitrogens with zero attached hydrogens (tertiary/aromatic N) is 4. The van der Waals surface area contributed by atoms with E-state index in [0.717, 1.165) is 41.5 Å². The zero-order valence-corrected chi connectivity index (χ0v) is 17.6. The number of carbonyl (C=O) groups excluding carboxylic acids is 1. The van der Waals surface area contributed by atoms with E-state index in [2.05, 4.69) is 22.8 Å². The van der Waals surface area contributed by atoms with E-state index in [9.17, 15) is 4.79 Å². The molecule has 1 heterocycles. The normalized spacial score (nSPS) is 12.8. The van der Waals surface area contributed by atoms with Crippen molar-refractivity contribution < 1.29 is 4.79 Å². The van der Waals surface area contributed by atoms with Crippen molar-refractivity contribution in [2.45, 2.75) is 37.3 Å². The van der Waals surface area contributed by atoms with Gasteiger partial charge in [0.2, 0.25) is 5.91 Å². The minimum absolute atomic E-state index is 0.0120. The number of thioether (sulfide) groups is 1. The lowest BCUT2D eigenvalue weighted by molar-refractivity contribution is -0.116. The molecule has 0 bridgehead atoms. The second-order valence-corrected chi connectivity index (χ2v) is 8.19. The monoisotopic (exact) mass is 416 g/mol. The van der Waals surface area contributed by atoms with Crippen LogP contribution in [0.4, 0.5) is 5.69 Å². The summed E-state index contributed by atoms with van der Waals surface area (Å²) < 4.78 is 2.22. The number of aryl methyl sites for hydroxylation is 1. The number of rotatable bonds is 7. The third kappa shape index (κ3) is 4.42. The van der Waals surface area contributed by atoms with Crippen molar-refractivity contribution in [3.05, 3.63) is 72.1 Å². The van der Waals surface area contributed by atoms with Crippen LogP contribution in [0.25, 0.3) is 5.69 Å². The van der Waals surface area contributed by atoms with Crippen LogP contribution in [0.15, 0.2) is 65.8 Å². The van der Waals surface area contributed by atoms with E-state index in [1.54, 1.807) is 4.90 Å². The largest absolute Gasteiger partial charge is 0.311 e. The minimum atomic E-state index is -0.0120. The van der Waals surface area contributed by atoms with Crippen LogP contribution in [0.3, 0.4) is 0 Å². The molecule has 0 saturated carbocycles. The number of nitriles is 1. The van der Waals surface area contributed by atoms with Gasteiger partial charge >= 0.3 is 0 Å². The Morgan fingerprint density at radius 1 is 1.07 bits per heavy atom. The van der Waals surface area contributed by atoms with Crippen molar-refractivity contribution >= 4 is 23.4 Å². The molecule has 0 unspecified atom stereocenters. The fourth-order valence-corrected chi connectivity index (χ4v) is 4.76. The molecule has 3 aromatic rings. The van der Waals surface area contributed by atoms with E-state index in [4.69, 9.17) is 10.2 Å². The molecular formula is C24H24N4OS. The smallest absolute Gasteiger partial charge is 0.237 e. The number of anilines is 1. The molecule has 1 amide bonds. The Morgan fingerprint density at radius 3 is 2.50 bits per heavy atom. The maximum absolute atomic E-state index is 13.1. The van der Waals surface area contributed by atoms with E-state index in [1.165, 1.54) is 23.9 Å². The molecule has 1 aliphatic rings. The van der Waals surface area contributed by atoms with Gasteiger partial charge in [0.1, 0.15) is 0 Å². The lowest BCUT2D eigenvalue weighted by Crippen LogP contribution is -2.33. The molecule has 6 heteroatoms. The van der Waals surface area contributed by atoms with E-state index >= 15 is 0 Å². The molecule has 0 spiro atoms. The van der Waals surface area contributed by atoms with E-state index in [0.29, 0.717) is 13.0 Å². The molecule has 30 heavy (non-hydrogen) atoms. The Kier molecular flexibility index (Phi) is 6.50. The quantitative estimate of drug-likeness (QED) is 0.520. The summed E-state index contributed by atoms with van der Waals surface area (Å²) in [7, 11) is 0. The SMILES string of the molecule is N#CCCN(C(=O)CSc1nc2c(n1-c1ccccc1)CCCC2)c1ccccc1. The van der Waals surface area contributed by atoms with Crippen molar-refractivity contribution in [2.75, 3.05) is 17.2 Å². The second kappa shape index (κ2) is 9.64. The number of fused-ring (bicyclic) bond motifs is 1. The molecule has 0 aliphatic heterocycles. The van der Waals surface area contributed by atoms with E-state index in [-0.39, 0.29) is 11.7 Å². The van der Waals surface area contributed by atoms with Gasteiger partial charge in [0.25, 0.3) is 0 Å². The Hall–Kier alpha value is -3.04. The first kappa shape index (κ1) is 20.2. The number of carbonyl (C=O) groups is 1. The highest BCUT2D eigenvalue weighted by atomic mass is 32.2. The summed E-state index contributed by atoms with van der Waals surface area (Å²) in [6, 6.07) is 21.9. The van der Waals surface area contributed by atoms with Crippen molar-refractivity contribution in [1.29, 1.82) is 5.26 Å². The molecule has 0 fully saturated rings. The highest BCUT2D eigenvalue weighted by Gasteiger charge is 2.23. The Morgan fingerprint density at radius 2 is 1.77 bits per heavy atom. The summed E-state index contributed by atoms with van der Waals surface area (Å²) in [6.07, 6.45) is 4.65. The van der Waals surface area contributed by atoms with Crippen molar-refractivity contribution in [3.8, 4) is 11.8 Å². The van der Waals surface area contributed by atoms with Gasteiger partial charge in [-0.3, -0.25) is 9.36 Å². The van der Waals surface area contributed by atoms with Gasteiger partial charge in [-0.05, 0) is 49.9 Å². The van der Waals surface area contributed by atoms with Gasteiger partial charge < -0.3 is 4.90 Å². The van der Waals surface area contributed by atoms with Gasteiger partial charge in [0, 0.05) is 23.6 Å². The van der Waals surface area contributed by atoms with Crippen LogP contribution in [-0.4, -0.2) is 27.8 Å². The van der Waals surface area contributed by atoms with Crippen LogP contribution in [0.2, 0.25) is 0 Å². The molecule has 0 atom stereocenters. The fraction of sp³-hybridized carbons (Fsp3) is 0.292. The molecular weight excluding hydrogens is 392 g/mol. The fourth-order valence-electron chi connectivity index (χ4n) is 3.83. The summed E-state index contributed by atoms with van der Waals surface area (Å²) in [5.74, 6) is 0.269. The highest BCUT2D eigenvalue weighted by Crippen LogP contribution is 2.31. The Balaban J connectivity index is 1.58. The minimum Gasteiger partial charge on any atom is -0.311 e. The lowest BCUT2D eigenvalue weighted by atomic mass is 10.0. The van der Waals surface area contributed by atoms with Crippen molar-refractivity contribution in [2.24, 2.45) is 0 Å². The number of amides is 1. The topological polar surface area (TPSA) is 61.9 Å². The Labute approximate surface area is 181 Å². The van der Waals surface area contributed by atoms with E-state index < -0.39 is 0 Å². The van der Waals surface area contributed by atoms with E-state index in [1.807, 2.05) is 48.5 Å². The van der Waals surface area contributed by atoms with Crippen molar-refractivity contribution in [1.82, 2.24) is 9.55 Å². The summed E-state index contributed by atoms with van der Waals surface area (Å²) >= 11 is 1.48. The first-order valence-corrected chi connectivity index (χ1v) is 11.3. The molecule has 4 rings (SSSR count). The third-order valence-electron chi connectivity index (χ3n) is 5.26. The standard InChI is InChI=1S/C24H24N4OS/c25-16-9-17-27(19-10-3-1-4-11-19)23(29)18-30-24-26-21-14-7-8-15-22(21)28(24)20-12-5-2-6-13-20/h1-6,10-13H,7-9,14-15,17-18H2. The zero-order valence-electron chi connectivity index (χ0n) is 16.8. The van der Waals surface area contributed by atoms with Gasteiger partial charge in [0.15, 0.2) is 5.16 Å². The van der Waals surface area contributed by atoms with Crippen LogP contribution < -0.4 is 4.90 Å². The first-order chi connectivity index (χ1) is 14.8. The number of benzene rings is 2. The molecule has 0 saturated heterocycles. The number of imidazole rings is 1. The number of aromatic nitrogens is 2. The third-order valence-corrected chi connectivity index (χ3v) is 6.18. The molecule has 152 valence electrons. The average Bonchev–Trinajstić information content (AvgIpc) is 3.17. The molecule has 2 aromatic carbocycles. The van der Waals surface area contributed by atoms with Crippen LogP contribution in [0.1, 0.15) is 30.7 Å². The molecule has 1 aliphatic carbocycles. The van der Waals surface area contributed by atoms with Gasteiger partial charge in [-0.1, -0.05) is 48.2 Å². The summed E-state index contributed by atoms with van der Waals surface area (Å²) in [4.78, 5) is 19.7. The molecule has 1 aromatic heterocycles. The van der Waals surface area contributed by atoms with Gasteiger partial charge in [-0.15, -0.1) is 0 Å². The van der Waals surface area contributed by atoms with Gasteiger partial charge in [-0.2, -0.15) is 5.26 Å². The summed E-state index contributed by atoms with van der Waals surface area (Å²) in [5.41, 5.74) is 4.34. The number of hydrogen-bond donors (Lipinski definition) is 0. The van der Waals surface area contributed by atoms with Crippen LogP contribution >= 0.6 is 11.8 Å². The molecule has 5 nitrogen and oxygen atoms in total. The van der Waals surface area contributed by atoms with Gasteiger partial charge in [0.05, 0.1) is 23.9 Å². The lowest BCUT2D eigenvalue weighted by Gasteiger charge is -2.21. The molecule has 0 radical (unpaired) electrons. The van der Waals surface area contributed by atoms with Crippen LogP contribution in [0, 0.1) is 11.3 Å². The summed E-state index contributed by atoms with van der Waals surface area (Å²) in [5, 5.41) is 9.87. The van der Waals surface area contributed by atoms with Crippen LogP contribution in [-0.2, 0) is 17.6 Å². The highest BCUT2D eigenvalue weighted by molar-refractivity contribution is 7.99. The average molecular weight is 417 g/mol. The summed E-state index contributed by atoms with van der Waals surface area (Å²) in [6.45, 7) is 0.392. The van der Waals surface area contributed by atoms with Crippen LogP contribution in [0.5, 0.6) is 0 Å². The first-order valence-electron chi connectivity index (χ1n) is 10.3. The zero-order chi connectivity index (χ0) is 20.8. The maximum atomic E-state index is 13.1. The molecule has 0 N–H and O–H groups in total. The predicted molar refractivity (Wildman–Crippen MR) is 120 cm³/mol. The Bertz CT molecular complexity index is 1040. The second-order valence-electron chi connectivity index (χ2n) is 7.24. The number of para-hydroxylation sites is 2.